The minimum absolute atomic E-state index is 0.0405. The maximum Gasteiger partial charge on any atom is 0.124 e. The minimum Gasteiger partial charge on any atom is -0.491 e. The average molecular weight is 292 g/mol. The van der Waals surface area contributed by atoms with Gasteiger partial charge in [-0.05, 0) is 20.0 Å². The lowest BCUT2D eigenvalue weighted by molar-refractivity contribution is 0.145. The van der Waals surface area contributed by atoms with Crippen LogP contribution in [0.25, 0.3) is 0 Å². The maximum absolute atomic E-state index is 5.80. The molecule has 1 aromatic carbocycles. The van der Waals surface area contributed by atoms with E-state index in [4.69, 9.17) is 9.47 Å². The molecule has 0 aliphatic heterocycles. The highest BCUT2D eigenvalue weighted by Crippen LogP contribution is 2.30. The highest BCUT2D eigenvalue weighted by molar-refractivity contribution is 7.09. The van der Waals surface area contributed by atoms with Crippen molar-refractivity contribution in [3.05, 3.63) is 45.9 Å². The van der Waals surface area contributed by atoms with Gasteiger partial charge in [0.1, 0.15) is 12.4 Å². The Morgan fingerprint density at radius 2 is 2.10 bits per heavy atom. The number of nitrogens with zero attached hydrogens (tertiary/aromatic N) is 1. The summed E-state index contributed by atoms with van der Waals surface area (Å²) in [6, 6.07) is 8.08. The third kappa shape index (κ3) is 3.56. The lowest BCUT2D eigenvalue weighted by atomic mass is 10.0. The molecule has 0 fully saturated rings. The third-order valence-electron chi connectivity index (χ3n) is 3.00. The Morgan fingerprint density at radius 1 is 1.30 bits per heavy atom. The summed E-state index contributed by atoms with van der Waals surface area (Å²) in [6.07, 6.45) is 0. The SMILES string of the molecule is CNC(c1csc(C)n1)c1ccccc1OCCOC. The first-order valence-electron chi connectivity index (χ1n) is 6.56. The third-order valence-corrected chi connectivity index (χ3v) is 3.79. The molecule has 108 valence electrons. The van der Waals surface area contributed by atoms with E-state index in [1.807, 2.05) is 32.2 Å². The largest absolute Gasteiger partial charge is 0.491 e. The molecular weight excluding hydrogens is 272 g/mol. The number of aromatic nitrogens is 1. The van der Waals surface area contributed by atoms with Crippen LogP contribution in [0.2, 0.25) is 0 Å². The Balaban J connectivity index is 2.25. The summed E-state index contributed by atoms with van der Waals surface area (Å²) in [5, 5.41) is 6.47. The fourth-order valence-electron chi connectivity index (χ4n) is 2.06. The lowest BCUT2D eigenvalue weighted by Crippen LogP contribution is -2.19. The molecular formula is C15H20N2O2S. The van der Waals surface area contributed by atoms with E-state index < -0.39 is 0 Å². The molecule has 0 aliphatic carbocycles. The van der Waals surface area contributed by atoms with E-state index in [0.717, 1.165) is 22.0 Å². The van der Waals surface area contributed by atoms with Crippen LogP contribution >= 0.6 is 11.3 Å². The zero-order chi connectivity index (χ0) is 14.4. The molecule has 0 spiro atoms. The Hall–Kier alpha value is -1.43. The van der Waals surface area contributed by atoms with Gasteiger partial charge in [0.25, 0.3) is 0 Å². The Bertz CT molecular complexity index is 542. The minimum atomic E-state index is 0.0405. The van der Waals surface area contributed by atoms with Gasteiger partial charge in [0.2, 0.25) is 0 Å². The monoisotopic (exact) mass is 292 g/mol. The first kappa shape index (κ1) is 15.0. The van der Waals surface area contributed by atoms with Gasteiger partial charge in [0.05, 0.1) is 23.4 Å². The van der Waals surface area contributed by atoms with Crippen molar-refractivity contribution in [1.29, 1.82) is 0 Å². The first-order chi connectivity index (χ1) is 9.76. The molecule has 0 saturated carbocycles. The fraction of sp³-hybridized carbons (Fsp3) is 0.400. The Kier molecular flexibility index (Phi) is 5.52. The predicted octanol–water partition coefficient (Wildman–Crippen LogP) is 2.79. The first-order valence-corrected chi connectivity index (χ1v) is 7.44. The van der Waals surface area contributed by atoms with Crippen molar-refractivity contribution in [3.8, 4) is 5.75 Å². The van der Waals surface area contributed by atoms with Gasteiger partial charge < -0.3 is 14.8 Å². The van der Waals surface area contributed by atoms with Crippen LogP contribution in [-0.4, -0.2) is 32.4 Å². The molecule has 0 saturated heterocycles. The van der Waals surface area contributed by atoms with E-state index in [1.54, 1.807) is 18.4 Å². The molecule has 20 heavy (non-hydrogen) atoms. The van der Waals surface area contributed by atoms with Gasteiger partial charge >= 0.3 is 0 Å². The molecule has 0 bridgehead atoms. The lowest BCUT2D eigenvalue weighted by Gasteiger charge is -2.18. The number of rotatable bonds is 7. The standard InChI is InChI=1S/C15H20N2O2S/c1-11-17-13(10-20-11)15(16-2)12-6-4-5-7-14(12)19-9-8-18-3/h4-7,10,15-16H,8-9H2,1-3H3. The second-order valence-electron chi connectivity index (χ2n) is 4.39. The maximum atomic E-state index is 5.80. The molecule has 1 N–H and O–H groups in total. The summed E-state index contributed by atoms with van der Waals surface area (Å²) >= 11 is 1.66. The van der Waals surface area contributed by atoms with E-state index in [9.17, 15) is 0 Å². The van der Waals surface area contributed by atoms with Crippen LogP contribution in [0.15, 0.2) is 29.6 Å². The van der Waals surface area contributed by atoms with Crippen LogP contribution < -0.4 is 10.1 Å². The molecule has 1 aromatic heterocycles. The van der Waals surface area contributed by atoms with Crippen molar-refractivity contribution in [1.82, 2.24) is 10.3 Å². The summed E-state index contributed by atoms with van der Waals surface area (Å²) in [4.78, 5) is 4.57. The van der Waals surface area contributed by atoms with Gasteiger partial charge in [0.15, 0.2) is 0 Å². The smallest absolute Gasteiger partial charge is 0.124 e. The van der Waals surface area contributed by atoms with Gasteiger partial charge in [-0.25, -0.2) is 4.98 Å². The molecule has 0 radical (unpaired) electrons. The summed E-state index contributed by atoms with van der Waals surface area (Å²) in [7, 11) is 3.61. The molecule has 1 unspecified atom stereocenters. The van der Waals surface area contributed by atoms with Crippen LogP contribution in [0.4, 0.5) is 0 Å². The number of nitrogens with one attached hydrogen (secondary N) is 1. The molecule has 1 heterocycles. The number of thiazole rings is 1. The van der Waals surface area contributed by atoms with E-state index in [1.165, 1.54) is 0 Å². The molecule has 4 nitrogen and oxygen atoms in total. The number of methoxy groups -OCH3 is 1. The van der Waals surface area contributed by atoms with Crippen molar-refractivity contribution in [2.45, 2.75) is 13.0 Å². The number of hydrogen-bond donors (Lipinski definition) is 1. The second-order valence-corrected chi connectivity index (χ2v) is 5.45. The van der Waals surface area contributed by atoms with Crippen LogP contribution in [-0.2, 0) is 4.74 Å². The second kappa shape index (κ2) is 7.38. The number of para-hydroxylation sites is 1. The van der Waals surface area contributed by atoms with Gasteiger partial charge in [-0.2, -0.15) is 0 Å². The van der Waals surface area contributed by atoms with E-state index in [-0.39, 0.29) is 6.04 Å². The van der Waals surface area contributed by atoms with Crippen LogP contribution in [0.5, 0.6) is 5.75 Å². The number of benzene rings is 1. The quantitative estimate of drug-likeness (QED) is 0.797. The van der Waals surface area contributed by atoms with E-state index in [2.05, 4.69) is 21.7 Å². The number of hydrogen-bond acceptors (Lipinski definition) is 5. The van der Waals surface area contributed by atoms with Crippen molar-refractivity contribution in [2.75, 3.05) is 27.4 Å². The van der Waals surface area contributed by atoms with Gasteiger partial charge in [-0.1, -0.05) is 18.2 Å². The van der Waals surface area contributed by atoms with Crippen molar-refractivity contribution in [2.24, 2.45) is 0 Å². The summed E-state index contributed by atoms with van der Waals surface area (Å²) in [6.45, 7) is 3.14. The van der Waals surface area contributed by atoms with Gasteiger partial charge in [-0.3, -0.25) is 0 Å². The van der Waals surface area contributed by atoms with Crippen LogP contribution in [0.3, 0.4) is 0 Å². The molecule has 0 aliphatic rings. The predicted molar refractivity (Wildman–Crippen MR) is 81.6 cm³/mol. The fourth-order valence-corrected chi connectivity index (χ4v) is 2.70. The highest BCUT2D eigenvalue weighted by atomic mass is 32.1. The highest BCUT2D eigenvalue weighted by Gasteiger charge is 2.18. The van der Waals surface area contributed by atoms with E-state index in [0.29, 0.717) is 13.2 Å². The van der Waals surface area contributed by atoms with Crippen molar-refractivity contribution >= 4 is 11.3 Å². The molecule has 0 amide bonds. The normalized spacial score (nSPS) is 12.3. The van der Waals surface area contributed by atoms with Gasteiger partial charge in [-0.15, -0.1) is 11.3 Å². The molecule has 2 rings (SSSR count). The zero-order valence-corrected chi connectivity index (χ0v) is 12.9. The molecule has 1 atom stereocenters. The summed E-state index contributed by atoms with van der Waals surface area (Å²) < 4.78 is 10.8. The van der Waals surface area contributed by atoms with Crippen LogP contribution in [0.1, 0.15) is 22.3 Å². The van der Waals surface area contributed by atoms with E-state index >= 15 is 0 Å². The Morgan fingerprint density at radius 3 is 2.75 bits per heavy atom. The summed E-state index contributed by atoms with van der Waals surface area (Å²) in [5.74, 6) is 0.870. The van der Waals surface area contributed by atoms with Crippen LogP contribution in [0, 0.1) is 6.92 Å². The molecule has 5 heteroatoms. The molecule has 2 aromatic rings. The Labute approximate surface area is 123 Å². The average Bonchev–Trinajstić information content (AvgIpc) is 2.88. The summed E-state index contributed by atoms with van der Waals surface area (Å²) in [5.41, 5.74) is 2.12. The van der Waals surface area contributed by atoms with Crippen molar-refractivity contribution in [3.63, 3.8) is 0 Å². The van der Waals surface area contributed by atoms with Gasteiger partial charge in [0, 0.05) is 18.1 Å². The zero-order valence-electron chi connectivity index (χ0n) is 12.1. The number of ether oxygens (including phenoxy) is 2. The van der Waals surface area contributed by atoms with Crippen molar-refractivity contribution < 1.29 is 9.47 Å². The number of aryl methyl sites for hydroxylation is 1. The topological polar surface area (TPSA) is 43.4 Å².